The number of H-pyrrole nitrogens is 1. The molecule has 0 saturated heterocycles. The van der Waals surface area contributed by atoms with E-state index in [-0.39, 0.29) is 11.4 Å². The number of carbonyl (C=O) groups is 1. The quantitative estimate of drug-likeness (QED) is 0.752. The number of hydrogen-bond donors (Lipinski definition) is 2. The molecule has 3 aromatic rings. The van der Waals surface area contributed by atoms with Crippen molar-refractivity contribution >= 4 is 17.1 Å². The normalized spacial score (nSPS) is 10.5. The molecule has 8 heteroatoms. The Bertz CT molecular complexity index is 815. The van der Waals surface area contributed by atoms with Gasteiger partial charge in [0.2, 0.25) is 5.88 Å². The molecule has 8 nitrogen and oxygen atoms in total. The lowest BCUT2D eigenvalue weighted by atomic mass is 10.2. The van der Waals surface area contributed by atoms with Crippen molar-refractivity contribution < 1.29 is 19.4 Å². The Morgan fingerprint density at radius 3 is 2.86 bits per heavy atom. The number of methoxy groups -OCH3 is 1. The number of hydrogen-bond acceptors (Lipinski definition) is 6. The number of nitrogens with one attached hydrogen (secondary N) is 1. The van der Waals surface area contributed by atoms with E-state index < -0.39 is 5.97 Å². The van der Waals surface area contributed by atoms with Crippen molar-refractivity contribution in [2.45, 2.75) is 0 Å². The number of rotatable bonds is 4. The fourth-order valence-corrected chi connectivity index (χ4v) is 1.81. The molecule has 0 unspecified atom stereocenters. The van der Waals surface area contributed by atoms with Gasteiger partial charge in [0.25, 0.3) is 0 Å². The van der Waals surface area contributed by atoms with Crippen LogP contribution in [0.5, 0.6) is 17.4 Å². The van der Waals surface area contributed by atoms with Gasteiger partial charge in [-0.25, -0.2) is 14.8 Å². The monoisotopic (exact) mass is 286 g/mol. The van der Waals surface area contributed by atoms with E-state index in [0.717, 1.165) is 0 Å². The first-order chi connectivity index (χ1) is 10.2. The van der Waals surface area contributed by atoms with Gasteiger partial charge in [-0.2, -0.15) is 4.98 Å². The molecule has 1 aromatic carbocycles. The van der Waals surface area contributed by atoms with E-state index in [0.29, 0.717) is 22.7 Å². The number of benzene rings is 1. The van der Waals surface area contributed by atoms with Gasteiger partial charge in [-0.15, -0.1) is 0 Å². The maximum Gasteiger partial charge on any atom is 0.335 e. The van der Waals surface area contributed by atoms with Gasteiger partial charge < -0.3 is 19.6 Å². The van der Waals surface area contributed by atoms with Crippen molar-refractivity contribution in [2.24, 2.45) is 0 Å². The van der Waals surface area contributed by atoms with Crippen LogP contribution in [-0.2, 0) is 0 Å². The van der Waals surface area contributed by atoms with Crippen LogP contribution in [0, 0.1) is 0 Å². The van der Waals surface area contributed by atoms with Crippen LogP contribution < -0.4 is 9.47 Å². The van der Waals surface area contributed by atoms with Crippen LogP contribution >= 0.6 is 0 Å². The molecule has 0 aliphatic rings. The van der Waals surface area contributed by atoms with E-state index in [9.17, 15) is 4.79 Å². The number of carboxylic acid groups (broad SMARTS) is 1. The number of aromatic carboxylic acids is 1. The third kappa shape index (κ3) is 2.34. The highest BCUT2D eigenvalue weighted by atomic mass is 16.5. The summed E-state index contributed by atoms with van der Waals surface area (Å²) in [4.78, 5) is 25.8. The Labute approximate surface area is 118 Å². The summed E-state index contributed by atoms with van der Waals surface area (Å²) in [6.45, 7) is 0. The van der Waals surface area contributed by atoms with Gasteiger partial charge in [-0.05, 0) is 18.2 Å². The summed E-state index contributed by atoms with van der Waals surface area (Å²) in [6.07, 6.45) is 2.81. The molecule has 2 heterocycles. The van der Waals surface area contributed by atoms with Gasteiger partial charge in [-0.3, -0.25) is 0 Å². The molecule has 0 bridgehead atoms. The lowest BCUT2D eigenvalue weighted by molar-refractivity contribution is 0.0696. The second kappa shape index (κ2) is 5.08. The number of aromatic amines is 1. The second-order valence-electron chi connectivity index (χ2n) is 4.05. The first-order valence-corrected chi connectivity index (χ1v) is 5.92. The molecule has 0 aliphatic carbocycles. The molecule has 0 spiro atoms. The van der Waals surface area contributed by atoms with Gasteiger partial charge in [0.1, 0.15) is 11.8 Å². The summed E-state index contributed by atoms with van der Waals surface area (Å²) in [5.41, 5.74) is 1.12. The van der Waals surface area contributed by atoms with E-state index in [1.165, 1.54) is 38.0 Å². The van der Waals surface area contributed by atoms with Crippen molar-refractivity contribution in [3.05, 3.63) is 36.4 Å². The van der Waals surface area contributed by atoms with Crippen molar-refractivity contribution in [1.82, 2.24) is 19.9 Å². The van der Waals surface area contributed by atoms with E-state index >= 15 is 0 Å². The molecule has 3 rings (SSSR count). The standard InChI is InChI=1S/C13H10N4O4/c1-20-9-4-7(13(18)19)2-3-8(9)21-12-10-11(15-5-14-10)16-6-17-12/h2-6H,1H3,(H,18,19)(H,14,15,16,17). The van der Waals surface area contributed by atoms with Crippen LogP contribution in [0.25, 0.3) is 11.2 Å². The lowest BCUT2D eigenvalue weighted by Crippen LogP contribution is -1.99. The molecule has 106 valence electrons. The summed E-state index contributed by atoms with van der Waals surface area (Å²) in [7, 11) is 1.43. The summed E-state index contributed by atoms with van der Waals surface area (Å²) in [5.74, 6) is -0.130. The summed E-state index contributed by atoms with van der Waals surface area (Å²) < 4.78 is 10.8. The molecular weight excluding hydrogens is 276 g/mol. The number of aromatic nitrogens is 4. The van der Waals surface area contributed by atoms with Crippen LogP contribution in [-0.4, -0.2) is 38.1 Å². The van der Waals surface area contributed by atoms with Crippen LogP contribution in [0.1, 0.15) is 10.4 Å². The predicted octanol–water partition coefficient (Wildman–Crippen LogP) is 1.85. The Balaban J connectivity index is 2.01. The number of ether oxygens (including phenoxy) is 2. The average Bonchev–Trinajstić information content (AvgIpc) is 2.97. The number of carboxylic acids is 1. The molecule has 0 aliphatic heterocycles. The number of imidazole rings is 1. The van der Waals surface area contributed by atoms with Crippen LogP contribution in [0.15, 0.2) is 30.9 Å². The molecule has 21 heavy (non-hydrogen) atoms. The smallest absolute Gasteiger partial charge is 0.335 e. The highest BCUT2D eigenvalue weighted by Gasteiger charge is 2.14. The Hall–Kier alpha value is -3.16. The molecule has 2 aromatic heterocycles. The molecule has 0 fully saturated rings. The Kier molecular flexibility index (Phi) is 3.11. The number of fused-ring (bicyclic) bond motifs is 1. The third-order valence-electron chi connectivity index (χ3n) is 2.81. The molecular formula is C13H10N4O4. The maximum atomic E-state index is 10.9. The van der Waals surface area contributed by atoms with Gasteiger partial charge in [0.15, 0.2) is 17.1 Å². The Morgan fingerprint density at radius 1 is 1.24 bits per heavy atom. The first-order valence-electron chi connectivity index (χ1n) is 5.92. The molecule has 0 amide bonds. The fraction of sp³-hybridized carbons (Fsp3) is 0.0769. The summed E-state index contributed by atoms with van der Waals surface area (Å²) in [6, 6.07) is 4.31. The van der Waals surface area contributed by atoms with Gasteiger partial charge in [-0.1, -0.05) is 0 Å². The molecule has 0 radical (unpaired) electrons. The molecule has 0 saturated carbocycles. The molecule has 2 N–H and O–H groups in total. The van der Waals surface area contributed by atoms with Gasteiger partial charge in [0.05, 0.1) is 19.0 Å². The minimum Gasteiger partial charge on any atom is -0.493 e. The Morgan fingerprint density at radius 2 is 2.10 bits per heavy atom. The number of nitrogens with zero attached hydrogens (tertiary/aromatic N) is 3. The predicted molar refractivity (Wildman–Crippen MR) is 71.7 cm³/mol. The van der Waals surface area contributed by atoms with E-state index in [2.05, 4.69) is 19.9 Å². The second-order valence-corrected chi connectivity index (χ2v) is 4.05. The fourth-order valence-electron chi connectivity index (χ4n) is 1.81. The zero-order valence-electron chi connectivity index (χ0n) is 10.9. The van der Waals surface area contributed by atoms with E-state index in [1.807, 2.05) is 0 Å². The summed E-state index contributed by atoms with van der Waals surface area (Å²) in [5, 5.41) is 8.97. The van der Waals surface area contributed by atoms with Crippen molar-refractivity contribution in [2.75, 3.05) is 7.11 Å². The largest absolute Gasteiger partial charge is 0.493 e. The highest BCUT2D eigenvalue weighted by Crippen LogP contribution is 2.33. The lowest BCUT2D eigenvalue weighted by Gasteiger charge is -2.10. The SMILES string of the molecule is COc1cc(C(=O)O)ccc1Oc1ncnc2nc[nH]c12. The van der Waals surface area contributed by atoms with Crippen molar-refractivity contribution in [3.63, 3.8) is 0 Å². The summed E-state index contributed by atoms with van der Waals surface area (Å²) >= 11 is 0. The minimum absolute atomic E-state index is 0.105. The zero-order valence-corrected chi connectivity index (χ0v) is 10.9. The van der Waals surface area contributed by atoms with Gasteiger partial charge in [0, 0.05) is 0 Å². The van der Waals surface area contributed by atoms with Crippen LogP contribution in [0.3, 0.4) is 0 Å². The third-order valence-corrected chi connectivity index (χ3v) is 2.81. The zero-order chi connectivity index (χ0) is 14.8. The van der Waals surface area contributed by atoms with E-state index in [4.69, 9.17) is 14.6 Å². The maximum absolute atomic E-state index is 10.9. The topological polar surface area (TPSA) is 110 Å². The minimum atomic E-state index is -1.04. The highest BCUT2D eigenvalue weighted by molar-refractivity contribution is 5.88. The first kappa shape index (κ1) is 12.9. The van der Waals surface area contributed by atoms with Crippen molar-refractivity contribution in [3.8, 4) is 17.4 Å². The average molecular weight is 286 g/mol. The van der Waals surface area contributed by atoms with Crippen LogP contribution in [0.2, 0.25) is 0 Å². The molecule has 0 atom stereocenters. The van der Waals surface area contributed by atoms with Crippen molar-refractivity contribution in [1.29, 1.82) is 0 Å². The van der Waals surface area contributed by atoms with E-state index in [1.54, 1.807) is 0 Å². The van der Waals surface area contributed by atoms with Gasteiger partial charge >= 0.3 is 5.97 Å². The van der Waals surface area contributed by atoms with Crippen LogP contribution in [0.4, 0.5) is 0 Å².